The summed E-state index contributed by atoms with van der Waals surface area (Å²) in [5.74, 6) is 0.166. The molecule has 3 heterocycles. The molecule has 0 spiro atoms. The van der Waals surface area contributed by atoms with E-state index in [1.54, 1.807) is 35.2 Å². The van der Waals surface area contributed by atoms with Crippen molar-refractivity contribution in [2.75, 3.05) is 4.90 Å². The van der Waals surface area contributed by atoms with Crippen molar-refractivity contribution in [3.8, 4) is 17.1 Å². The van der Waals surface area contributed by atoms with E-state index in [9.17, 15) is 9.59 Å². The molecule has 0 bridgehead atoms. The Kier molecular flexibility index (Phi) is 5.24. The first-order valence-electron chi connectivity index (χ1n) is 11.0. The maximum absolute atomic E-state index is 12.9. The van der Waals surface area contributed by atoms with E-state index in [1.807, 2.05) is 52.0 Å². The maximum Gasteiger partial charge on any atom is 0.365 e. The lowest BCUT2D eigenvalue weighted by Gasteiger charge is -2.16. The van der Waals surface area contributed by atoms with Gasteiger partial charge in [0.15, 0.2) is 11.5 Å². The van der Waals surface area contributed by atoms with Crippen molar-refractivity contribution in [2.45, 2.75) is 34.2 Å². The van der Waals surface area contributed by atoms with E-state index in [-0.39, 0.29) is 11.6 Å². The van der Waals surface area contributed by atoms with Gasteiger partial charge in [0.25, 0.3) is 5.91 Å². The number of nitrogens with zero attached hydrogens (tertiary/aromatic N) is 3. The summed E-state index contributed by atoms with van der Waals surface area (Å²) < 4.78 is 10.9. The van der Waals surface area contributed by atoms with Crippen LogP contribution in [0.25, 0.3) is 11.3 Å². The molecule has 1 aliphatic heterocycles. The van der Waals surface area contributed by atoms with Gasteiger partial charge in [0.2, 0.25) is 0 Å². The second kappa shape index (κ2) is 8.26. The lowest BCUT2D eigenvalue weighted by molar-refractivity contribution is 0.0723. The molecule has 0 atom stereocenters. The number of aryl methyl sites for hydroxylation is 4. The van der Waals surface area contributed by atoms with Crippen LogP contribution in [0.15, 0.2) is 59.1 Å². The molecular weight excluding hydrogens is 430 g/mol. The monoisotopic (exact) mass is 453 g/mol. The van der Waals surface area contributed by atoms with Gasteiger partial charge in [-0.2, -0.15) is 0 Å². The van der Waals surface area contributed by atoms with Crippen LogP contribution < -0.4 is 9.64 Å². The predicted molar refractivity (Wildman–Crippen MR) is 127 cm³/mol. The summed E-state index contributed by atoms with van der Waals surface area (Å²) in [6.07, 6.45) is 0. The first kappa shape index (κ1) is 21.6. The fourth-order valence-electron chi connectivity index (χ4n) is 4.26. The third-order valence-corrected chi connectivity index (χ3v) is 5.93. The van der Waals surface area contributed by atoms with Crippen LogP contribution in [0.1, 0.15) is 48.9 Å². The fourth-order valence-corrected chi connectivity index (χ4v) is 4.26. The minimum absolute atomic E-state index is 0.0775. The predicted octanol–water partition coefficient (Wildman–Crippen LogP) is 5.35. The average Bonchev–Trinajstić information content (AvgIpc) is 3.41. The van der Waals surface area contributed by atoms with Gasteiger partial charge in [-0.15, -0.1) is 0 Å². The molecule has 1 aliphatic rings. The highest BCUT2D eigenvalue weighted by Crippen LogP contribution is 2.31. The number of hydrogen-bond donors (Lipinski definition) is 0. The van der Waals surface area contributed by atoms with E-state index in [2.05, 4.69) is 10.1 Å². The SMILES string of the molecule is Cc1ccc(C)c(-c2cc(C(=O)Oc3ccc(N4Cc5cc(C)nc(C)c5C4=O)cc3)no2)c1. The maximum atomic E-state index is 12.9. The second-order valence-electron chi connectivity index (χ2n) is 8.55. The zero-order valence-corrected chi connectivity index (χ0v) is 19.4. The smallest absolute Gasteiger partial charge is 0.365 e. The minimum atomic E-state index is -0.616. The minimum Gasteiger partial charge on any atom is -0.422 e. The first-order chi connectivity index (χ1) is 16.3. The number of amides is 1. The Bertz CT molecular complexity index is 1440. The van der Waals surface area contributed by atoms with Gasteiger partial charge in [-0.25, -0.2) is 4.79 Å². The number of carbonyl (C=O) groups excluding carboxylic acids is 2. The highest BCUT2D eigenvalue weighted by atomic mass is 16.5. The molecule has 170 valence electrons. The molecule has 2 aromatic heterocycles. The summed E-state index contributed by atoms with van der Waals surface area (Å²) in [6, 6.07) is 16.4. The standard InChI is InChI=1S/C27H23N3O4/c1-15-5-6-16(2)22(11-15)24-13-23(29-34-24)27(32)33-21-9-7-20(8-10-21)30-14-19-12-17(3)28-18(4)25(19)26(30)31/h5-13H,14H2,1-4H3. The molecule has 0 saturated heterocycles. The first-order valence-corrected chi connectivity index (χ1v) is 11.0. The van der Waals surface area contributed by atoms with Crippen LogP contribution >= 0.6 is 0 Å². The number of ether oxygens (including phenoxy) is 1. The molecule has 0 fully saturated rings. The summed E-state index contributed by atoms with van der Waals surface area (Å²) >= 11 is 0. The van der Waals surface area contributed by atoms with E-state index in [1.165, 1.54) is 0 Å². The molecule has 0 aliphatic carbocycles. The van der Waals surface area contributed by atoms with Gasteiger partial charge in [-0.05, 0) is 75.2 Å². The molecule has 34 heavy (non-hydrogen) atoms. The third kappa shape index (κ3) is 3.85. The number of pyridine rings is 1. The summed E-state index contributed by atoms with van der Waals surface area (Å²) in [7, 11) is 0. The number of hydrogen-bond acceptors (Lipinski definition) is 6. The molecule has 0 radical (unpaired) electrons. The number of aromatic nitrogens is 2. The fraction of sp³-hybridized carbons (Fsp3) is 0.185. The van der Waals surface area contributed by atoms with E-state index >= 15 is 0 Å². The Morgan fingerprint density at radius 1 is 1.00 bits per heavy atom. The van der Waals surface area contributed by atoms with Gasteiger partial charge in [0.1, 0.15) is 5.75 Å². The van der Waals surface area contributed by atoms with Crippen molar-refractivity contribution in [3.05, 3.63) is 93.9 Å². The Morgan fingerprint density at radius 3 is 2.53 bits per heavy atom. The molecular formula is C27H23N3O4. The Hall–Kier alpha value is -4.26. The molecule has 0 saturated carbocycles. The van der Waals surface area contributed by atoms with Gasteiger partial charge in [0, 0.05) is 23.0 Å². The lowest BCUT2D eigenvalue weighted by atomic mass is 10.0. The largest absolute Gasteiger partial charge is 0.422 e. The van der Waals surface area contributed by atoms with Crippen LogP contribution in [0.4, 0.5) is 5.69 Å². The van der Waals surface area contributed by atoms with Crippen LogP contribution in [0.5, 0.6) is 5.75 Å². The van der Waals surface area contributed by atoms with E-state index in [4.69, 9.17) is 9.26 Å². The van der Waals surface area contributed by atoms with E-state index < -0.39 is 5.97 Å². The number of anilines is 1. The Balaban J connectivity index is 1.30. The molecule has 1 amide bonds. The number of esters is 1. The highest BCUT2D eigenvalue weighted by molar-refractivity contribution is 6.10. The van der Waals surface area contributed by atoms with Gasteiger partial charge >= 0.3 is 5.97 Å². The summed E-state index contributed by atoms with van der Waals surface area (Å²) in [5.41, 5.74) is 7.05. The molecule has 0 unspecified atom stereocenters. The topological polar surface area (TPSA) is 85.5 Å². The summed E-state index contributed by atoms with van der Waals surface area (Å²) in [4.78, 5) is 31.6. The lowest BCUT2D eigenvalue weighted by Crippen LogP contribution is -2.23. The summed E-state index contributed by atoms with van der Waals surface area (Å²) in [5, 5.41) is 3.88. The van der Waals surface area contributed by atoms with E-state index in [0.29, 0.717) is 23.6 Å². The van der Waals surface area contributed by atoms with Crippen molar-refractivity contribution in [1.29, 1.82) is 0 Å². The van der Waals surface area contributed by atoms with Gasteiger partial charge in [0.05, 0.1) is 17.8 Å². The second-order valence-corrected chi connectivity index (χ2v) is 8.55. The van der Waals surface area contributed by atoms with Crippen LogP contribution in [-0.2, 0) is 6.54 Å². The number of fused-ring (bicyclic) bond motifs is 1. The number of benzene rings is 2. The molecule has 7 nitrogen and oxygen atoms in total. The number of carbonyl (C=O) groups is 2. The van der Waals surface area contributed by atoms with Gasteiger partial charge < -0.3 is 14.2 Å². The van der Waals surface area contributed by atoms with Crippen LogP contribution in [0.3, 0.4) is 0 Å². The Morgan fingerprint density at radius 2 is 1.76 bits per heavy atom. The zero-order valence-electron chi connectivity index (χ0n) is 19.4. The van der Waals surface area contributed by atoms with Crippen molar-refractivity contribution < 1.29 is 18.8 Å². The number of rotatable bonds is 4. The molecule has 0 N–H and O–H groups in total. The third-order valence-electron chi connectivity index (χ3n) is 5.93. The van der Waals surface area contributed by atoms with E-state index in [0.717, 1.165) is 39.3 Å². The summed E-state index contributed by atoms with van der Waals surface area (Å²) in [6.45, 7) is 8.22. The van der Waals surface area contributed by atoms with Gasteiger partial charge in [-0.1, -0.05) is 22.9 Å². The highest BCUT2D eigenvalue weighted by Gasteiger charge is 2.31. The molecule has 5 rings (SSSR count). The molecule has 7 heteroatoms. The van der Waals surface area contributed by atoms with Crippen molar-refractivity contribution >= 4 is 17.6 Å². The zero-order chi connectivity index (χ0) is 24.0. The molecule has 2 aromatic carbocycles. The van der Waals surface area contributed by atoms with Crippen LogP contribution in [-0.4, -0.2) is 22.0 Å². The van der Waals surface area contributed by atoms with Crippen LogP contribution in [0, 0.1) is 27.7 Å². The Labute approximate surface area is 197 Å². The van der Waals surface area contributed by atoms with Crippen molar-refractivity contribution in [1.82, 2.24) is 10.1 Å². The quantitative estimate of drug-likeness (QED) is 0.306. The normalized spacial score (nSPS) is 12.7. The average molecular weight is 453 g/mol. The van der Waals surface area contributed by atoms with Gasteiger partial charge in [-0.3, -0.25) is 9.78 Å². The van der Waals surface area contributed by atoms with Crippen LogP contribution in [0.2, 0.25) is 0 Å². The van der Waals surface area contributed by atoms with Crippen molar-refractivity contribution in [2.24, 2.45) is 0 Å². The van der Waals surface area contributed by atoms with Crippen molar-refractivity contribution in [3.63, 3.8) is 0 Å². The molecule has 4 aromatic rings.